The van der Waals surface area contributed by atoms with Gasteiger partial charge >= 0.3 is 6.09 Å². The summed E-state index contributed by atoms with van der Waals surface area (Å²) in [6.45, 7) is 5.94. The number of hydrogen-bond acceptors (Lipinski definition) is 4. The Labute approximate surface area is 107 Å². The van der Waals surface area contributed by atoms with E-state index in [2.05, 4.69) is 0 Å². The second-order valence-corrected chi connectivity index (χ2v) is 5.25. The molecule has 0 spiro atoms. The van der Waals surface area contributed by atoms with Gasteiger partial charge in [0, 0.05) is 13.1 Å². The highest BCUT2D eigenvalue weighted by Gasteiger charge is 2.33. The molecule has 0 radical (unpaired) electrons. The molecule has 2 aliphatic heterocycles. The Bertz CT molecular complexity index is 299. The van der Waals surface area contributed by atoms with E-state index in [9.17, 15) is 4.79 Å². The van der Waals surface area contributed by atoms with Crippen molar-refractivity contribution in [1.29, 1.82) is 0 Å². The zero-order valence-electron chi connectivity index (χ0n) is 10.9. The maximum Gasteiger partial charge on any atom is 0.407 e. The van der Waals surface area contributed by atoms with Crippen LogP contribution in [0.2, 0.25) is 0 Å². The van der Waals surface area contributed by atoms with Crippen LogP contribution in [0.25, 0.3) is 0 Å². The lowest BCUT2D eigenvalue weighted by molar-refractivity contribution is -0.148. The first-order chi connectivity index (χ1) is 8.46. The van der Waals surface area contributed by atoms with Crippen LogP contribution < -0.4 is 0 Å². The second-order valence-electron chi connectivity index (χ2n) is 5.25. The Balaban J connectivity index is 1.65. The van der Waals surface area contributed by atoms with Crippen LogP contribution in [0.1, 0.15) is 26.7 Å². The summed E-state index contributed by atoms with van der Waals surface area (Å²) in [5.74, 6) is -0.513. The minimum Gasteiger partial charge on any atom is -0.465 e. The Kier molecular flexibility index (Phi) is 4.09. The Morgan fingerprint density at radius 2 is 2.11 bits per heavy atom. The highest BCUT2D eigenvalue weighted by atomic mass is 16.7. The van der Waals surface area contributed by atoms with Gasteiger partial charge in [0.1, 0.15) is 6.10 Å². The summed E-state index contributed by atoms with van der Waals surface area (Å²) in [6, 6.07) is 0. The van der Waals surface area contributed by atoms with Gasteiger partial charge in [0.05, 0.1) is 19.3 Å². The third-order valence-corrected chi connectivity index (χ3v) is 3.30. The molecule has 6 nitrogen and oxygen atoms in total. The lowest BCUT2D eigenvalue weighted by Gasteiger charge is -2.30. The van der Waals surface area contributed by atoms with Gasteiger partial charge in [-0.15, -0.1) is 0 Å². The lowest BCUT2D eigenvalue weighted by atomic mass is 10.1. The quantitative estimate of drug-likeness (QED) is 0.827. The Morgan fingerprint density at radius 1 is 1.44 bits per heavy atom. The fourth-order valence-corrected chi connectivity index (χ4v) is 2.30. The van der Waals surface area contributed by atoms with E-state index in [0.717, 1.165) is 12.8 Å². The number of nitrogens with zero attached hydrogens (tertiary/aromatic N) is 1. The zero-order chi connectivity index (χ0) is 13.2. The molecule has 1 atom stereocenters. The van der Waals surface area contributed by atoms with Crippen molar-refractivity contribution in [3.8, 4) is 0 Å². The molecular weight excluding hydrogens is 238 g/mol. The van der Waals surface area contributed by atoms with Crippen molar-refractivity contribution in [2.75, 3.05) is 26.3 Å². The molecule has 2 fully saturated rings. The molecule has 0 saturated carbocycles. The summed E-state index contributed by atoms with van der Waals surface area (Å²) >= 11 is 0. The normalized spacial score (nSPS) is 28.6. The number of hydrogen-bond donors (Lipinski definition) is 1. The number of ether oxygens (including phenoxy) is 3. The van der Waals surface area contributed by atoms with Crippen molar-refractivity contribution in [1.82, 2.24) is 4.90 Å². The minimum absolute atomic E-state index is 0.0162. The van der Waals surface area contributed by atoms with E-state index in [1.807, 2.05) is 13.8 Å². The van der Waals surface area contributed by atoms with Gasteiger partial charge in [-0.2, -0.15) is 0 Å². The van der Waals surface area contributed by atoms with Crippen molar-refractivity contribution in [3.63, 3.8) is 0 Å². The van der Waals surface area contributed by atoms with Crippen molar-refractivity contribution < 1.29 is 24.1 Å². The molecule has 6 heteroatoms. The van der Waals surface area contributed by atoms with E-state index in [1.54, 1.807) is 0 Å². The van der Waals surface area contributed by atoms with Gasteiger partial charge < -0.3 is 24.2 Å². The van der Waals surface area contributed by atoms with Crippen molar-refractivity contribution in [2.45, 2.75) is 44.7 Å². The first kappa shape index (κ1) is 13.6. The van der Waals surface area contributed by atoms with E-state index in [-0.39, 0.29) is 12.2 Å². The molecular formula is C12H21NO5. The van der Waals surface area contributed by atoms with Gasteiger partial charge in [0.15, 0.2) is 5.79 Å². The number of rotatable bonds is 3. The molecule has 2 heterocycles. The fraction of sp³-hybridized carbons (Fsp3) is 0.917. The molecule has 104 valence electrons. The Morgan fingerprint density at radius 3 is 2.61 bits per heavy atom. The highest BCUT2D eigenvalue weighted by Crippen LogP contribution is 2.23. The lowest BCUT2D eigenvalue weighted by Crippen LogP contribution is -2.40. The zero-order valence-corrected chi connectivity index (χ0v) is 10.9. The average molecular weight is 259 g/mol. The van der Waals surface area contributed by atoms with Crippen LogP contribution in [-0.4, -0.2) is 60.4 Å². The van der Waals surface area contributed by atoms with Gasteiger partial charge in [-0.1, -0.05) is 0 Å². The molecule has 0 aromatic carbocycles. The molecule has 1 amide bonds. The summed E-state index contributed by atoms with van der Waals surface area (Å²) in [5, 5.41) is 8.83. The molecule has 2 aliphatic rings. The van der Waals surface area contributed by atoms with Crippen LogP contribution >= 0.6 is 0 Å². The van der Waals surface area contributed by atoms with Gasteiger partial charge in [0.25, 0.3) is 0 Å². The third-order valence-electron chi connectivity index (χ3n) is 3.30. The largest absolute Gasteiger partial charge is 0.465 e. The highest BCUT2D eigenvalue weighted by molar-refractivity contribution is 5.64. The third kappa shape index (κ3) is 3.57. The average Bonchev–Trinajstić information content (AvgIpc) is 2.67. The summed E-state index contributed by atoms with van der Waals surface area (Å²) in [4.78, 5) is 12.2. The molecule has 0 aliphatic carbocycles. The first-order valence-corrected chi connectivity index (χ1v) is 6.37. The van der Waals surface area contributed by atoms with Crippen LogP contribution in [0.4, 0.5) is 4.79 Å². The number of piperidine rings is 1. The standard InChI is InChI=1S/C12H21NO5/c1-12(2)17-8-10(18-12)7-16-9-3-5-13(6-4-9)11(14)15/h9-10H,3-8H2,1-2H3,(H,14,15)/t10-/m1/s1. The van der Waals surface area contributed by atoms with Gasteiger partial charge in [-0.25, -0.2) is 4.79 Å². The number of carboxylic acid groups (broad SMARTS) is 1. The Hall–Kier alpha value is -0.850. The predicted molar refractivity (Wildman–Crippen MR) is 63.5 cm³/mol. The van der Waals surface area contributed by atoms with Crippen molar-refractivity contribution in [2.24, 2.45) is 0 Å². The van der Waals surface area contributed by atoms with E-state index >= 15 is 0 Å². The van der Waals surface area contributed by atoms with Gasteiger partial charge in [0.2, 0.25) is 0 Å². The van der Waals surface area contributed by atoms with Gasteiger partial charge in [-0.05, 0) is 26.7 Å². The van der Waals surface area contributed by atoms with E-state index < -0.39 is 11.9 Å². The van der Waals surface area contributed by atoms with Crippen LogP contribution in [0, 0.1) is 0 Å². The molecule has 0 unspecified atom stereocenters. The smallest absolute Gasteiger partial charge is 0.407 e. The number of amides is 1. The SMILES string of the molecule is CC1(C)OC[C@@H](COC2CCN(C(=O)O)CC2)O1. The monoisotopic (exact) mass is 259 g/mol. The maximum atomic E-state index is 10.7. The minimum atomic E-state index is -0.845. The number of carbonyl (C=O) groups is 1. The van der Waals surface area contributed by atoms with Crippen LogP contribution in [0.15, 0.2) is 0 Å². The molecule has 0 bridgehead atoms. The van der Waals surface area contributed by atoms with E-state index in [0.29, 0.717) is 26.3 Å². The van der Waals surface area contributed by atoms with Crippen molar-refractivity contribution >= 4 is 6.09 Å². The summed E-state index contributed by atoms with van der Waals surface area (Å²) in [6.07, 6.45) is 0.778. The molecule has 2 saturated heterocycles. The topological polar surface area (TPSA) is 68.2 Å². The fourth-order valence-electron chi connectivity index (χ4n) is 2.30. The molecule has 1 N–H and O–H groups in total. The number of likely N-dealkylation sites (tertiary alicyclic amines) is 1. The van der Waals surface area contributed by atoms with Gasteiger partial charge in [-0.3, -0.25) is 0 Å². The molecule has 0 aromatic heterocycles. The van der Waals surface area contributed by atoms with Crippen LogP contribution in [0.5, 0.6) is 0 Å². The maximum absolute atomic E-state index is 10.7. The second kappa shape index (κ2) is 5.42. The molecule has 18 heavy (non-hydrogen) atoms. The van der Waals surface area contributed by atoms with Crippen LogP contribution in [-0.2, 0) is 14.2 Å². The first-order valence-electron chi connectivity index (χ1n) is 6.37. The molecule has 0 aromatic rings. The molecule has 2 rings (SSSR count). The summed E-state index contributed by atoms with van der Waals surface area (Å²) in [7, 11) is 0. The van der Waals surface area contributed by atoms with Crippen molar-refractivity contribution in [3.05, 3.63) is 0 Å². The van der Waals surface area contributed by atoms with E-state index in [4.69, 9.17) is 19.3 Å². The van der Waals surface area contributed by atoms with Crippen LogP contribution in [0.3, 0.4) is 0 Å². The summed E-state index contributed by atoms with van der Waals surface area (Å²) < 4.78 is 16.9. The van der Waals surface area contributed by atoms with E-state index in [1.165, 1.54) is 4.90 Å². The summed E-state index contributed by atoms with van der Waals surface area (Å²) in [5.41, 5.74) is 0. The predicted octanol–water partition coefficient (Wildman–Crippen LogP) is 1.30.